The summed E-state index contributed by atoms with van der Waals surface area (Å²) in [4.78, 5) is 37.2. The summed E-state index contributed by atoms with van der Waals surface area (Å²) in [6.07, 6.45) is 1.09. The topological polar surface area (TPSA) is 75.3 Å². The molecule has 0 aliphatic heterocycles. The number of Topliss-reactive ketones (excluding diaryl/α,β-unsaturated/α-hetero) is 1. The minimum absolute atomic E-state index is 0.00987. The zero-order chi connectivity index (χ0) is 22.3. The van der Waals surface area contributed by atoms with Crippen molar-refractivity contribution in [2.24, 2.45) is 5.41 Å². The van der Waals surface area contributed by atoms with Crippen molar-refractivity contribution in [3.05, 3.63) is 54.1 Å². The molecule has 1 unspecified atom stereocenters. The predicted octanol–water partition coefficient (Wildman–Crippen LogP) is 5.77. The standard InChI is InChI=1S/C24H30N2O3S/c1-6-21(23(29)26-18-12-10-17(11-13-18)16(2)27)30-20-9-7-8-19(14-20)25-22(28)15-24(3,4)5/h7-14,21H,6,15H2,1-5H3,(H,25,28)(H,26,29). The van der Waals surface area contributed by atoms with Crippen molar-refractivity contribution in [1.82, 2.24) is 0 Å². The summed E-state index contributed by atoms with van der Waals surface area (Å²) in [5.41, 5.74) is 1.92. The molecule has 0 bridgehead atoms. The zero-order valence-electron chi connectivity index (χ0n) is 18.2. The Kier molecular flexibility index (Phi) is 8.24. The zero-order valence-corrected chi connectivity index (χ0v) is 19.1. The molecule has 1 atom stereocenters. The lowest BCUT2D eigenvalue weighted by molar-refractivity contribution is -0.118. The number of hydrogen-bond donors (Lipinski definition) is 2. The van der Waals surface area contributed by atoms with E-state index in [1.165, 1.54) is 18.7 Å². The summed E-state index contributed by atoms with van der Waals surface area (Å²) in [5, 5.41) is 5.56. The Morgan fingerprint density at radius 3 is 2.20 bits per heavy atom. The molecule has 0 radical (unpaired) electrons. The van der Waals surface area contributed by atoms with Gasteiger partial charge < -0.3 is 10.6 Å². The van der Waals surface area contributed by atoms with Gasteiger partial charge in [-0.15, -0.1) is 11.8 Å². The smallest absolute Gasteiger partial charge is 0.237 e. The van der Waals surface area contributed by atoms with E-state index in [-0.39, 0.29) is 28.3 Å². The van der Waals surface area contributed by atoms with Gasteiger partial charge >= 0.3 is 0 Å². The highest BCUT2D eigenvalue weighted by atomic mass is 32.2. The lowest BCUT2D eigenvalue weighted by atomic mass is 9.92. The number of hydrogen-bond acceptors (Lipinski definition) is 4. The fourth-order valence-electron chi connectivity index (χ4n) is 2.83. The molecule has 160 valence electrons. The van der Waals surface area contributed by atoms with E-state index < -0.39 is 0 Å². The number of amides is 2. The third-order valence-electron chi connectivity index (χ3n) is 4.31. The Balaban J connectivity index is 2.01. The first kappa shape index (κ1) is 23.7. The molecule has 0 aromatic heterocycles. The maximum absolute atomic E-state index is 12.7. The molecule has 2 amide bonds. The monoisotopic (exact) mass is 426 g/mol. The van der Waals surface area contributed by atoms with E-state index in [2.05, 4.69) is 10.6 Å². The lowest BCUT2D eigenvalue weighted by Gasteiger charge is -2.18. The summed E-state index contributed by atoms with van der Waals surface area (Å²) in [6, 6.07) is 14.4. The van der Waals surface area contributed by atoms with Crippen molar-refractivity contribution in [2.75, 3.05) is 10.6 Å². The van der Waals surface area contributed by atoms with E-state index >= 15 is 0 Å². The van der Waals surface area contributed by atoms with E-state index in [4.69, 9.17) is 0 Å². The molecule has 6 heteroatoms. The second kappa shape index (κ2) is 10.4. The first-order chi connectivity index (χ1) is 14.1. The van der Waals surface area contributed by atoms with Gasteiger partial charge in [0.15, 0.2) is 5.78 Å². The molecule has 0 aliphatic rings. The van der Waals surface area contributed by atoms with Crippen molar-refractivity contribution in [1.29, 1.82) is 0 Å². The average Bonchev–Trinajstić information content (AvgIpc) is 2.65. The molecule has 2 rings (SSSR count). The highest BCUT2D eigenvalue weighted by Gasteiger charge is 2.19. The number of benzene rings is 2. The summed E-state index contributed by atoms with van der Waals surface area (Å²) >= 11 is 1.46. The van der Waals surface area contributed by atoms with Crippen LogP contribution in [0.25, 0.3) is 0 Å². The molecule has 2 aromatic rings. The number of nitrogens with one attached hydrogen (secondary N) is 2. The van der Waals surface area contributed by atoms with Crippen molar-refractivity contribution >= 4 is 40.7 Å². The Morgan fingerprint density at radius 1 is 0.967 bits per heavy atom. The van der Waals surface area contributed by atoms with Gasteiger partial charge in [0.25, 0.3) is 0 Å². The summed E-state index contributed by atoms with van der Waals surface area (Å²) in [5.74, 6) is -0.131. The van der Waals surface area contributed by atoms with Crippen LogP contribution in [0.4, 0.5) is 11.4 Å². The van der Waals surface area contributed by atoms with Crippen molar-refractivity contribution < 1.29 is 14.4 Å². The van der Waals surface area contributed by atoms with Crippen LogP contribution in [0.1, 0.15) is 57.8 Å². The van der Waals surface area contributed by atoms with Crippen LogP contribution in [-0.2, 0) is 9.59 Å². The quantitative estimate of drug-likeness (QED) is 0.415. The summed E-state index contributed by atoms with van der Waals surface area (Å²) in [7, 11) is 0. The first-order valence-electron chi connectivity index (χ1n) is 10.1. The van der Waals surface area contributed by atoms with Gasteiger partial charge in [-0.2, -0.15) is 0 Å². The van der Waals surface area contributed by atoms with Gasteiger partial charge in [-0.25, -0.2) is 0 Å². The van der Waals surface area contributed by atoms with Gasteiger partial charge in [0.2, 0.25) is 11.8 Å². The summed E-state index contributed by atoms with van der Waals surface area (Å²) in [6.45, 7) is 9.55. The third-order valence-corrected chi connectivity index (χ3v) is 5.67. The second-order valence-corrected chi connectivity index (χ2v) is 9.73. The molecule has 0 spiro atoms. The first-order valence-corrected chi connectivity index (χ1v) is 10.9. The van der Waals surface area contributed by atoms with Crippen molar-refractivity contribution in [3.63, 3.8) is 0 Å². The van der Waals surface area contributed by atoms with Gasteiger partial charge in [0, 0.05) is 28.3 Å². The predicted molar refractivity (Wildman–Crippen MR) is 124 cm³/mol. The van der Waals surface area contributed by atoms with Gasteiger partial charge in [0.05, 0.1) is 5.25 Å². The van der Waals surface area contributed by atoms with Crippen LogP contribution in [0.15, 0.2) is 53.4 Å². The molecule has 5 nitrogen and oxygen atoms in total. The molecular formula is C24H30N2O3S. The fourth-order valence-corrected chi connectivity index (χ4v) is 3.84. The van der Waals surface area contributed by atoms with Crippen molar-refractivity contribution in [3.8, 4) is 0 Å². The Labute approximate surface area is 183 Å². The molecule has 0 saturated carbocycles. The number of carbonyl (C=O) groups is 3. The molecule has 0 heterocycles. The molecule has 30 heavy (non-hydrogen) atoms. The van der Waals surface area contributed by atoms with Crippen LogP contribution in [0.2, 0.25) is 0 Å². The SMILES string of the molecule is CCC(Sc1cccc(NC(=O)CC(C)(C)C)c1)C(=O)Nc1ccc(C(C)=O)cc1. The number of thioether (sulfide) groups is 1. The largest absolute Gasteiger partial charge is 0.326 e. The number of anilines is 2. The Morgan fingerprint density at radius 2 is 1.63 bits per heavy atom. The molecule has 0 aliphatic carbocycles. The van der Waals surface area contributed by atoms with Gasteiger partial charge in [-0.1, -0.05) is 33.8 Å². The van der Waals surface area contributed by atoms with E-state index in [0.29, 0.717) is 24.1 Å². The Hall–Kier alpha value is -2.60. The average molecular weight is 427 g/mol. The van der Waals surface area contributed by atoms with Crippen LogP contribution < -0.4 is 10.6 Å². The molecule has 2 N–H and O–H groups in total. The maximum atomic E-state index is 12.7. The number of carbonyl (C=O) groups excluding carboxylic acids is 3. The normalized spacial score (nSPS) is 12.2. The van der Waals surface area contributed by atoms with Crippen LogP contribution in [-0.4, -0.2) is 22.8 Å². The second-order valence-electron chi connectivity index (χ2n) is 8.45. The molecule has 0 saturated heterocycles. The van der Waals surface area contributed by atoms with E-state index in [1.807, 2.05) is 52.0 Å². The maximum Gasteiger partial charge on any atom is 0.237 e. The number of rotatable bonds is 8. The van der Waals surface area contributed by atoms with E-state index in [0.717, 1.165) is 10.6 Å². The molecule has 2 aromatic carbocycles. The van der Waals surface area contributed by atoms with Crippen LogP contribution in [0.3, 0.4) is 0 Å². The van der Waals surface area contributed by atoms with E-state index in [9.17, 15) is 14.4 Å². The van der Waals surface area contributed by atoms with E-state index in [1.54, 1.807) is 24.3 Å². The van der Waals surface area contributed by atoms with Crippen LogP contribution in [0.5, 0.6) is 0 Å². The Bertz CT molecular complexity index is 901. The number of ketones is 1. The van der Waals surface area contributed by atoms with Gasteiger partial charge in [0.1, 0.15) is 0 Å². The highest BCUT2D eigenvalue weighted by molar-refractivity contribution is 8.00. The van der Waals surface area contributed by atoms with Crippen LogP contribution >= 0.6 is 11.8 Å². The minimum Gasteiger partial charge on any atom is -0.326 e. The minimum atomic E-state index is -0.280. The van der Waals surface area contributed by atoms with Gasteiger partial charge in [-0.05, 0) is 61.2 Å². The molecular weight excluding hydrogens is 396 g/mol. The summed E-state index contributed by atoms with van der Waals surface area (Å²) < 4.78 is 0. The highest BCUT2D eigenvalue weighted by Crippen LogP contribution is 2.29. The van der Waals surface area contributed by atoms with Crippen LogP contribution in [0, 0.1) is 5.41 Å². The fraction of sp³-hybridized carbons (Fsp3) is 0.375. The lowest BCUT2D eigenvalue weighted by Crippen LogP contribution is -2.24. The van der Waals surface area contributed by atoms with Crippen molar-refractivity contribution in [2.45, 2.75) is 57.6 Å². The van der Waals surface area contributed by atoms with Gasteiger partial charge in [-0.3, -0.25) is 14.4 Å². The third kappa shape index (κ3) is 7.67. The molecule has 0 fully saturated rings.